The first-order valence-corrected chi connectivity index (χ1v) is 8.44. The number of amides is 1. The van der Waals surface area contributed by atoms with Gasteiger partial charge in [-0.15, -0.1) is 0 Å². The van der Waals surface area contributed by atoms with E-state index in [1.807, 2.05) is 61.5 Å². The van der Waals surface area contributed by atoms with Gasteiger partial charge in [-0.3, -0.25) is 9.69 Å². The van der Waals surface area contributed by atoms with Crippen molar-refractivity contribution < 1.29 is 9.53 Å². The summed E-state index contributed by atoms with van der Waals surface area (Å²) in [6.07, 6.45) is 1.00. The first kappa shape index (κ1) is 18.0. The fourth-order valence-corrected chi connectivity index (χ4v) is 2.50. The van der Waals surface area contributed by atoms with Crippen LogP contribution < -0.4 is 10.1 Å². The number of nitrogens with zero attached hydrogens (tertiary/aromatic N) is 1. The van der Waals surface area contributed by atoms with E-state index in [-0.39, 0.29) is 5.91 Å². The van der Waals surface area contributed by atoms with Gasteiger partial charge >= 0.3 is 0 Å². The highest BCUT2D eigenvalue weighted by atomic mass is 16.5. The molecule has 0 spiro atoms. The second-order valence-corrected chi connectivity index (χ2v) is 5.80. The van der Waals surface area contributed by atoms with Crippen LogP contribution in [0.1, 0.15) is 18.9 Å². The highest BCUT2D eigenvalue weighted by Crippen LogP contribution is 2.13. The van der Waals surface area contributed by atoms with E-state index >= 15 is 0 Å². The molecular formula is C20H26N2O2. The predicted octanol–water partition coefficient (Wildman–Crippen LogP) is 3.72. The number of hydrogen-bond acceptors (Lipinski definition) is 3. The van der Waals surface area contributed by atoms with Crippen molar-refractivity contribution in [3.63, 3.8) is 0 Å². The standard InChI is InChI=1S/C20H26N2O2/c1-3-13-22(14-15-24-18-10-5-4-6-11-18)16-20(23)21-19-12-8-7-9-17(19)2/h4-12H,3,13-16H2,1-2H3,(H,21,23). The molecule has 0 aliphatic heterocycles. The summed E-state index contributed by atoms with van der Waals surface area (Å²) in [4.78, 5) is 14.4. The molecule has 0 heterocycles. The van der Waals surface area contributed by atoms with Crippen LogP contribution in [0, 0.1) is 6.92 Å². The van der Waals surface area contributed by atoms with E-state index in [2.05, 4.69) is 17.1 Å². The number of benzene rings is 2. The minimum absolute atomic E-state index is 0.0115. The lowest BCUT2D eigenvalue weighted by atomic mass is 10.2. The van der Waals surface area contributed by atoms with Gasteiger partial charge in [0.05, 0.1) is 6.54 Å². The second kappa shape index (κ2) is 9.73. The molecule has 0 unspecified atom stereocenters. The number of aryl methyl sites for hydroxylation is 1. The van der Waals surface area contributed by atoms with E-state index in [0.29, 0.717) is 13.2 Å². The third-order valence-electron chi connectivity index (χ3n) is 3.75. The number of anilines is 1. The molecule has 0 radical (unpaired) electrons. The first-order valence-electron chi connectivity index (χ1n) is 8.44. The minimum atomic E-state index is 0.0115. The zero-order chi connectivity index (χ0) is 17.2. The Balaban J connectivity index is 1.81. The number of hydrogen-bond donors (Lipinski definition) is 1. The Bertz CT molecular complexity index is 629. The number of nitrogens with one attached hydrogen (secondary N) is 1. The average Bonchev–Trinajstić information content (AvgIpc) is 2.58. The molecule has 0 aliphatic rings. The third-order valence-corrected chi connectivity index (χ3v) is 3.75. The Morgan fingerprint density at radius 2 is 1.75 bits per heavy atom. The number of rotatable bonds is 9. The third kappa shape index (κ3) is 6.05. The van der Waals surface area contributed by atoms with Gasteiger partial charge in [0.25, 0.3) is 0 Å². The molecule has 0 saturated heterocycles. The van der Waals surface area contributed by atoms with Crippen molar-refractivity contribution in [3.8, 4) is 5.75 Å². The topological polar surface area (TPSA) is 41.6 Å². The SMILES string of the molecule is CCCN(CCOc1ccccc1)CC(=O)Nc1ccccc1C. The van der Waals surface area contributed by atoms with Gasteiger partial charge in [0, 0.05) is 12.2 Å². The van der Waals surface area contributed by atoms with Gasteiger partial charge in [-0.25, -0.2) is 0 Å². The molecule has 0 fully saturated rings. The number of carbonyl (C=O) groups is 1. The van der Waals surface area contributed by atoms with E-state index in [1.165, 1.54) is 0 Å². The highest BCUT2D eigenvalue weighted by molar-refractivity contribution is 5.92. The van der Waals surface area contributed by atoms with Crippen LogP contribution in [-0.2, 0) is 4.79 Å². The molecular weight excluding hydrogens is 300 g/mol. The molecule has 4 nitrogen and oxygen atoms in total. The maximum Gasteiger partial charge on any atom is 0.238 e. The van der Waals surface area contributed by atoms with Crippen molar-refractivity contribution in [2.75, 3.05) is 31.6 Å². The fraction of sp³-hybridized carbons (Fsp3) is 0.350. The van der Waals surface area contributed by atoms with Crippen molar-refractivity contribution in [1.29, 1.82) is 0 Å². The lowest BCUT2D eigenvalue weighted by Gasteiger charge is -2.21. The van der Waals surface area contributed by atoms with Crippen LogP contribution >= 0.6 is 0 Å². The minimum Gasteiger partial charge on any atom is -0.492 e. The molecule has 1 amide bonds. The number of ether oxygens (including phenoxy) is 1. The average molecular weight is 326 g/mol. The Kier molecular flexibility index (Phi) is 7.30. The Morgan fingerprint density at radius 3 is 2.46 bits per heavy atom. The summed E-state index contributed by atoms with van der Waals surface area (Å²) in [5, 5.41) is 2.99. The summed E-state index contributed by atoms with van der Waals surface area (Å²) in [6, 6.07) is 17.6. The summed E-state index contributed by atoms with van der Waals surface area (Å²) >= 11 is 0. The molecule has 1 N–H and O–H groups in total. The molecule has 2 aromatic carbocycles. The molecule has 2 aromatic rings. The lowest BCUT2D eigenvalue weighted by molar-refractivity contribution is -0.117. The molecule has 128 valence electrons. The molecule has 0 aliphatic carbocycles. The maximum atomic E-state index is 12.3. The molecule has 0 atom stereocenters. The summed E-state index contributed by atoms with van der Waals surface area (Å²) in [6.45, 7) is 6.66. The van der Waals surface area contributed by atoms with Gasteiger partial charge in [-0.2, -0.15) is 0 Å². The summed E-state index contributed by atoms with van der Waals surface area (Å²) in [5.74, 6) is 0.871. The van der Waals surface area contributed by atoms with E-state index in [9.17, 15) is 4.79 Å². The summed E-state index contributed by atoms with van der Waals surface area (Å²) in [5.41, 5.74) is 1.94. The predicted molar refractivity (Wildman–Crippen MR) is 98.5 cm³/mol. The van der Waals surface area contributed by atoms with Gasteiger partial charge < -0.3 is 10.1 Å². The van der Waals surface area contributed by atoms with Gasteiger partial charge in [0.1, 0.15) is 12.4 Å². The monoisotopic (exact) mass is 326 g/mol. The van der Waals surface area contributed by atoms with Gasteiger partial charge in [-0.05, 0) is 43.7 Å². The molecule has 24 heavy (non-hydrogen) atoms. The van der Waals surface area contributed by atoms with Gasteiger partial charge in [0.2, 0.25) is 5.91 Å². The molecule has 0 aromatic heterocycles. The Hall–Kier alpha value is -2.33. The van der Waals surface area contributed by atoms with Gasteiger partial charge in [0.15, 0.2) is 0 Å². The van der Waals surface area contributed by atoms with Crippen LogP contribution in [0.4, 0.5) is 5.69 Å². The van der Waals surface area contributed by atoms with Gasteiger partial charge in [-0.1, -0.05) is 43.3 Å². The van der Waals surface area contributed by atoms with Crippen LogP contribution in [0.3, 0.4) is 0 Å². The largest absolute Gasteiger partial charge is 0.492 e. The number of para-hydroxylation sites is 2. The fourth-order valence-electron chi connectivity index (χ4n) is 2.50. The quantitative estimate of drug-likeness (QED) is 0.763. The van der Waals surface area contributed by atoms with Crippen molar-refractivity contribution in [2.24, 2.45) is 0 Å². The normalized spacial score (nSPS) is 10.6. The summed E-state index contributed by atoms with van der Waals surface area (Å²) in [7, 11) is 0. The number of carbonyl (C=O) groups excluding carboxylic acids is 1. The van der Waals surface area contributed by atoms with E-state index in [4.69, 9.17) is 4.74 Å². The first-order chi connectivity index (χ1) is 11.7. The van der Waals surface area contributed by atoms with Crippen molar-refractivity contribution >= 4 is 11.6 Å². The van der Waals surface area contributed by atoms with Crippen molar-refractivity contribution in [1.82, 2.24) is 4.90 Å². The maximum absolute atomic E-state index is 12.3. The van der Waals surface area contributed by atoms with E-state index < -0.39 is 0 Å². The van der Waals surface area contributed by atoms with Crippen molar-refractivity contribution in [2.45, 2.75) is 20.3 Å². The van der Waals surface area contributed by atoms with Crippen LogP contribution in [-0.4, -0.2) is 37.0 Å². The molecule has 2 rings (SSSR count). The van der Waals surface area contributed by atoms with Crippen LogP contribution in [0.5, 0.6) is 5.75 Å². The van der Waals surface area contributed by atoms with E-state index in [0.717, 1.165) is 36.5 Å². The molecule has 0 saturated carbocycles. The van der Waals surface area contributed by atoms with E-state index in [1.54, 1.807) is 0 Å². The van der Waals surface area contributed by atoms with Crippen LogP contribution in [0.25, 0.3) is 0 Å². The lowest BCUT2D eigenvalue weighted by Crippen LogP contribution is -2.36. The Morgan fingerprint density at radius 1 is 1.04 bits per heavy atom. The van der Waals surface area contributed by atoms with Crippen molar-refractivity contribution in [3.05, 3.63) is 60.2 Å². The second-order valence-electron chi connectivity index (χ2n) is 5.80. The smallest absolute Gasteiger partial charge is 0.238 e. The zero-order valence-electron chi connectivity index (χ0n) is 14.5. The molecule has 0 bridgehead atoms. The highest BCUT2D eigenvalue weighted by Gasteiger charge is 2.11. The van der Waals surface area contributed by atoms with Crippen LogP contribution in [0.15, 0.2) is 54.6 Å². The zero-order valence-corrected chi connectivity index (χ0v) is 14.5. The Labute approximate surface area is 144 Å². The summed E-state index contributed by atoms with van der Waals surface area (Å²) < 4.78 is 5.73. The van der Waals surface area contributed by atoms with Crippen LogP contribution in [0.2, 0.25) is 0 Å². The molecule has 4 heteroatoms.